The molecule has 188 valence electrons. The van der Waals surface area contributed by atoms with E-state index in [0.29, 0.717) is 38.1 Å². The van der Waals surface area contributed by atoms with Gasteiger partial charge in [-0.3, -0.25) is 14.7 Å². The van der Waals surface area contributed by atoms with E-state index in [1.54, 1.807) is 19.4 Å². The molecule has 2 aromatic carbocycles. The van der Waals surface area contributed by atoms with Gasteiger partial charge in [0.05, 0.1) is 36.8 Å². The van der Waals surface area contributed by atoms with Gasteiger partial charge in [-0.25, -0.2) is 8.78 Å². The molecule has 3 aromatic rings. The topological polar surface area (TPSA) is 82.9 Å². The summed E-state index contributed by atoms with van der Waals surface area (Å²) < 4.78 is 32.8. The minimum Gasteiger partial charge on any atom is -0.497 e. The summed E-state index contributed by atoms with van der Waals surface area (Å²) in [4.78, 5) is 18.2. The number of rotatable bonds is 7. The van der Waals surface area contributed by atoms with Gasteiger partial charge >= 0.3 is 5.97 Å². The number of benzene rings is 2. The van der Waals surface area contributed by atoms with E-state index in [1.165, 1.54) is 6.07 Å². The van der Waals surface area contributed by atoms with Gasteiger partial charge in [0.25, 0.3) is 0 Å². The summed E-state index contributed by atoms with van der Waals surface area (Å²) in [5.74, 6) is 2.91. The summed E-state index contributed by atoms with van der Waals surface area (Å²) in [6, 6.07) is 10.9. The SMILES string of the molecule is COc1ccc2nccc(C(O)CC[C@@H]3CCN(CC#Cc4c(F)cccc4F)C[C@@H]3C(=O)O)c2c1. The van der Waals surface area contributed by atoms with Gasteiger partial charge in [0.2, 0.25) is 0 Å². The molecule has 4 rings (SSSR count). The third-order valence-corrected chi connectivity index (χ3v) is 6.79. The largest absolute Gasteiger partial charge is 0.497 e. The van der Waals surface area contributed by atoms with E-state index in [1.807, 2.05) is 23.1 Å². The molecule has 3 atom stereocenters. The van der Waals surface area contributed by atoms with Crippen molar-refractivity contribution in [1.29, 1.82) is 0 Å². The number of halogens is 2. The molecule has 2 N–H and O–H groups in total. The zero-order valence-corrected chi connectivity index (χ0v) is 20.0. The molecule has 0 amide bonds. The van der Waals surface area contributed by atoms with Gasteiger partial charge in [0, 0.05) is 18.1 Å². The lowest BCUT2D eigenvalue weighted by atomic mass is 9.81. The fourth-order valence-corrected chi connectivity index (χ4v) is 4.79. The first-order valence-electron chi connectivity index (χ1n) is 11.9. The smallest absolute Gasteiger partial charge is 0.308 e. The average molecular weight is 495 g/mol. The first kappa shape index (κ1) is 25.5. The number of pyridine rings is 1. The van der Waals surface area contributed by atoms with Crippen LogP contribution in [0.5, 0.6) is 5.75 Å². The van der Waals surface area contributed by atoms with E-state index < -0.39 is 29.6 Å². The van der Waals surface area contributed by atoms with Gasteiger partial charge in [-0.2, -0.15) is 0 Å². The number of hydrogen-bond donors (Lipinski definition) is 2. The third-order valence-electron chi connectivity index (χ3n) is 6.79. The van der Waals surface area contributed by atoms with Gasteiger partial charge in [0.15, 0.2) is 0 Å². The number of carboxylic acid groups (broad SMARTS) is 1. The molecule has 8 heteroatoms. The fraction of sp³-hybridized carbons (Fsp3) is 0.357. The van der Waals surface area contributed by atoms with Crippen molar-refractivity contribution >= 4 is 16.9 Å². The van der Waals surface area contributed by atoms with Gasteiger partial charge in [-0.1, -0.05) is 17.9 Å². The van der Waals surface area contributed by atoms with Crippen molar-refractivity contribution in [3.05, 3.63) is 71.4 Å². The van der Waals surface area contributed by atoms with E-state index in [4.69, 9.17) is 4.74 Å². The summed E-state index contributed by atoms with van der Waals surface area (Å²) >= 11 is 0. The number of piperidine rings is 1. The maximum Gasteiger partial charge on any atom is 0.308 e. The Balaban J connectivity index is 1.39. The number of ether oxygens (including phenoxy) is 1. The summed E-state index contributed by atoms with van der Waals surface area (Å²) in [5, 5.41) is 21.6. The summed E-state index contributed by atoms with van der Waals surface area (Å²) in [7, 11) is 1.58. The molecule has 0 aliphatic carbocycles. The molecular formula is C28H28F2N2O4. The van der Waals surface area contributed by atoms with Crippen molar-refractivity contribution in [1.82, 2.24) is 9.88 Å². The van der Waals surface area contributed by atoms with Crippen LogP contribution in [-0.2, 0) is 4.79 Å². The van der Waals surface area contributed by atoms with Crippen LogP contribution in [0.2, 0.25) is 0 Å². The molecule has 0 bridgehead atoms. The quantitative estimate of drug-likeness (QED) is 0.474. The average Bonchev–Trinajstić information content (AvgIpc) is 2.88. The highest BCUT2D eigenvalue weighted by molar-refractivity contribution is 5.83. The Morgan fingerprint density at radius 2 is 2.03 bits per heavy atom. The number of aliphatic hydroxyl groups is 1. The van der Waals surface area contributed by atoms with E-state index in [9.17, 15) is 23.8 Å². The zero-order chi connectivity index (χ0) is 25.7. The standard InChI is InChI=1S/C28H28F2N2O4/c1-36-19-8-9-26-22(16-19)20(11-13-31-26)27(33)10-7-18-12-15-32(17-23(18)28(34)35)14-3-4-21-24(29)5-2-6-25(21)30/h2,5-6,8-9,11,13,16,18,23,27,33H,7,10,12,14-15,17H2,1H3,(H,34,35)/t18-,23+,27?/m1/s1. The van der Waals surface area contributed by atoms with Crippen LogP contribution in [0.1, 0.15) is 36.5 Å². The van der Waals surface area contributed by atoms with E-state index in [-0.39, 0.29) is 18.0 Å². The lowest BCUT2D eigenvalue weighted by Gasteiger charge is -2.36. The molecular weight excluding hydrogens is 466 g/mol. The molecule has 1 saturated heterocycles. The normalized spacial score (nSPS) is 18.9. The highest BCUT2D eigenvalue weighted by Gasteiger charge is 2.34. The minimum atomic E-state index is -0.897. The van der Waals surface area contributed by atoms with Gasteiger partial charge in [-0.15, -0.1) is 0 Å². The Morgan fingerprint density at radius 1 is 1.25 bits per heavy atom. The molecule has 0 saturated carbocycles. The molecule has 36 heavy (non-hydrogen) atoms. The Kier molecular flexibility index (Phi) is 8.14. The van der Waals surface area contributed by atoms with Crippen LogP contribution in [0.25, 0.3) is 10.9 Å². The lowest BCUT2D eigenvalue weighted by molar-refractivity contribution is -0.146. The van der Waals surface area contributed by atoms with Crippen molar-refractivity contribution in [2.75, 3.05) is 26.7 Å². The number of carboxylic acids is 1. The first-order valence-corrected chi connectivity index (χ1v) is 11.9. The zero-order valence-electron chi connectivity index (χ0n) is 20.0. The van der Waals surface area contributed by atoms with E-state index in [2.05, 4.69) is 16.8 Å². The number of nitrogens with zero attached hydrogens (tertiary/aromatic N) is 2. The number of carbonyl (C=O) groups is 1. The number of likely N-dealkylation sites (tertiary alicyclic amines) is 1. The predicted octanol–water partition coefficient (Wildman–Crippen LogP) is 4.41. The van der Waals surface area contributed by atoms with Crippen molar-refractivity contribution in [3.8, 4) is 17.6 Å². The van der Waals surface area contributed by atoms with E-state index >= 15 is 0 Å². The number of fused-ring (bicyclic) bond motifs is 1. The molecule has 1 aromatic heterocycles. The first-order chi connectivity index (χ1) is 17.4. The number of aliphatic hydroxyl groups excluding tert-OH is 1. The highest BCUT2D eigenvalue weighted by Crippen LogP contribution is 2.33. The Bertz CT molecular complexity index is 1280. The van der Waals surface area contributed by atoms with Crippen LogP contribution in [-0.4, -0.2) is 52.8 Å². The fourth-order valence-electron chi connectivity index (χ4n) is 4.79. The molecule has 2 heterocycles. The highest BCUT2D eigenvalue weighted by atomic mass is 19.1. The van der Waals surface area contributed by atoms with Crippen molar-refractivity contribution in [3.63, 3.8) is 0 Å². The predicted molar refractivity (Wildman–Crippen MR) is 131 cm³/mol. The Hall–Kier alpha value is -3.54. The second-order valence-electron chi connectivity index (χ2n) is 9.00. The summed E-state index contributed by atoms with van der Waals surface area (Å²) in [6.07, 6.45) is 2.48. The van der Waals surface area contributed by atoms with Crippen molar-refractivity contribution in [2.45, 2.75) is 25.4 Å². The van der Waals surface area contributed by atoms with Gasteiger partial charge in [0.1, 0.15) is 17.4 Å². The molecule has 1 unspecified atom stereocenters. The summed E-state index contributed by atoms with van der Waals surface area (Å²) in [5.41, 5.74) is 1.21. The van der Waals surface area contributed by atoms with Crippen LogP contribution in [0.3, 0.4) is 0 Å². The van der Waals surface area contributed by atoms with Crippen molar-refractivity contribution < 1.29 is 28.5 Å². The monoisotopic (exact) mass is 494 g/mol. The molecule has 0 radical (unpaired) electrons. The maximum absolute atomic E-state index is 13.8. The minimum absolute atomic E-state index is 0.104. The van der Waals surface area contributed by atoms with Crippen LogP contribution in [0.4, 0.5) is 8.78 Å². The van der Waals surface area contributed by atoms with E-state index in [0.717, 1.165) is 28.6 Å². The molecule has 0 spiro atoms. The third kappa shape index (κ3) is 5.81. The maximum atomic E-state index is 13.8. The number of methoxy groups -OCH3 is 1. The number of aromatic nitrogens is 1. The molecule has 1 aliphatic heterocycles. The van der Waals surface area contributed by atoms with Crippen LogP contribution >= 0.6 is 0 Å². The molecule has 1 aliphatic rings. The second kappa shape index (κ2) is 11.5. The number of hydrogen-bond acceptors (Lipinski definition) is 5. The molecule has 1 fully saturated rings. The Morgan fingerprint density at radius 3 is 2.75 bits per heavy atom. The lowest BCUT2D eigenvalue weighted by Crippen LogP contribution is -2.44. The van der Waals surface area contributed by atoms with Gasteiger partial charge in [-0.05, 0) is 73.7 Å². The van der Waals surface area contributed by atoms with Crippen LogP contribution < -0.4 is 4.74 Å². The summed E-state index contributed by atoms with van der Waals surface area (Å²) in [6.45, 7) is 1.13. The van der Waals surface area contributed by atoms with Gasteiger partial charge < -0.3 is 14.9 Å². The van der Waals surface area contributed by atoms with Crippen LogP contribution in [0, 0.1) is 35.3 Å². The Labute approximate surface area is 208 Å². The number of aliphatic carboxylic acids is 1. The second-order valence-corrected chi connectivity index (χ2v) is 9.00. The van der Waals surface area contributed by atoms with Crippen LogP contribution in [0.15, 0.2) is 48.7 Å². The van der Waals surface area contributed by atoms with Crippen molar-refractivity contribution in [2.24, 2.45) is 11.8 Å². The molecule has 6 nitrogen and oxygen atoms in total.